The summed E-state index contributed by atoms with van der Waals surface area (Å²) in [4.78, 5) is 12.4. The fourth-order valence-electron chi connectivity index (χ4n) is 3.60. The Labute approximate surface area is 152 Å². The summed E-state index contributed by atoms with van der Waals surface area (Å²) in [7, 11) is 0. The van der Waals surface area contributed by atoms with E-state index in [1.807, 2.05) is 6.92 Å². The highest BCUT2D eigenvalue weighted by molar-refractivity contribution is 7.16. The number of benzene rings is 1. The van der Waals surface area contributed by atoms with Crippen LogP contribution in [-0.4, -0.2) is 29.7 Å². The molecular formula is C20H23N3OS. The summed E-state index contributed by atoms with van der Waals surface area (Å²) in [5.74, 6) is 2.81. The normalized spacial score (nSPS) is 15.6. The highest BCUT2D eigenvalue weighted by Crippen LogP contribution is 2.30. The molecular weight excluding hydrogens is 330 g/mol. The Kier molecular flexibility index (Phi) is 4.83. The molecule has 2 aromatic heterocycles. The van der Waals surface area contributed by atoms with E-state index < -0.39 is 0 Å². The molecule has 0 saturated carbocycles. The number of nitrogens with zero attached hydrogens (tertiary/aromatic N) is 3. The molecule has 1 aromatic carbocycles. The molecule has 130 valence electrons. The maximum atomic E-state index is 5.52. The molecule has 1 fully saturated rings. The Morgan fingerprint density at radius 2 is 1.92 bits per heavy atom. The third-order valence-electron chi connectivity index (χ3n) is 4.91. The predicted molar refractivity (Wildman–Crippen MR) is 104 cm³/mol. The molecule has 3 aromatic rings. The average Bonchev–Trinajstić information content (AvgIpc) is 3.13. The summed E-state index contributed by atoms with van der Waals surface area (Å²) < 4.78 is 5.52. The summed E-state index contributed by atoms with van der Waals surface area (Å²) in [6.07, 6.45) is 5.27. The van der Waals surface area contributed by atoms with Crippen LogP contribution in [0.2, 0.25) is 0 Å². The molecule has 0 aliphatic carbocycles. The number of hydrogen-bond donors (Lipinski definition) is 0. The number of rotatable bonds is 5. The van der Waals surface area contributed by atoms with Crippen LogP contribution >= 0.6 is 11.3 Å². The largest absolute Gasteiger partial charge is 0.494 e. The molecule has 5 heteroatoms. The van der Waals surface area contributed by atoms with Gasteiger partial charge in [0.05, 0.1) is 12.0 Å². The van der Waals surface area contributed by atoms with E-state index in [9.17, 15) is 0 Å². The third-order valence-corrected chi connectivity index (χ3v) is 5.73. The third kappa shape index (κ3) is 3.61. The Hall–Kier alpha value is -2.14. The molecule has 4 rings (SSSR count). The number of aromatic nitrogens is 2. The smallest absolute Gasteiger partial charge is 0.140 e. The van der Waals surface area contributed by atoms with Gasteiger partial charge in [-0.1, -0.05) is 12.1 Å². The molecule has 0 spiro atoms. The number of anilines is 1. The topological polar surface area (TPSA) is 38.2 Å². The zero-order valence-electron chi connectivity index (χ0n) is 14.5. The fourth-order valence-corrected chi connectivity index (χ4v) is 4.33. The van der Waals surface area contributed by atoms with Gasteiger partial charge in [-0.15, -0.1) is 11.3 Å². The van der Waals surface area contributed by atoms with Gasteiger partial charge in [0.2, 0.25) is 0 Å². The highest BCUT2D eigenvalue weighted by Gasteiger charge is 2.22. The zero-order valence-corrected chi connectivity index (χ0v) is 15.3. The number of piperidine rings is 1. The van der Waals surface area contributed by atoms with Gasteiger partial charge < -0.3 is 9.64 Å². The lowest BCUT2D eigenvalue weighted by molar-refractivity contribution is 0.340. The van der Waals surface area contributed by atoms with E-state index in [4.69, 9.17) is 4.74 Å². The second-order valence-electron chi connectivity index (χ2n) is 6.55. The van der Waals surface area contributed by atoms with Crippen molar-refractivity contribution in [3.63, 3.8) is 0 Å². The van der Waals surface area contributed by atoms with Crippen molar-refractivity contribution in [3.8, 4) is 5.75 Å². The molecule has 25 heavy (non-hydrogen) atoms. The van der Waals surface area contributed by atoms with E-state index in [0.29, 0.717) is 0 Å². The number of fused-ring (bicyclic) bond motifs is 1. The predicted octanol–water partition coefficient (Wildman–Crippen LogP) is 4.55. The van der Waals surface area contributed by atoms with Crippen LogP contribution < -0.4 is 9.64 Å². The second-order valence-corrected chi connectivity index (χ2v) is 7.44. The molecule has 4 nitrogen and oxygen atoms in total. The van der Waals surface area contributed by atoms with Crippen molar-refractivity contribution < 1.29 is 4.74 Å². The Morgan fingerprint density at radius 1 is 1.12 bits per heavy atom. The lowest BCUT2D eigenvalue weighted by atomic mass is 9.90. The van der Waals surface area contributed by atoms with E-state index >= 15 is 0 Å². The number of thiophene rings is 1. The average molecular weight is 353 g/mol. The van der Waals surface area contributed by atoms with Gasteiger partial charge in [0.1, 0.15) is 22.7 Å². The van der Waals surface area contributed by atoms with Crippen LogP contribution in [0.3, 0.4) is 0 Å². The molecule has 0 unspecified atom stereocenters. The van der Waals surface area contributed by atoms with E-state index in [-0.39, 0.29) is 0 Å². The first-order chi connectivity index (χ1) is 12.3. The molecule has 0 bridgehead atoms. The quantitative estimate of drug-likeness (QED) is 0.674. The van der Waals surface area contributed by atoms with Crippen molar-refractivity contribution >= 4 is 27.4 Å². The van der Waals surface area contributed by atoms with Crippen LogP contribution in [0.15, 0.2) is 42.0 Å². The molecule has 0 radical (unpaired) electrons. The van der Waals surface area contributed by atoms with E-state index in [0.717, 1.165) is 48.4 Å². The van der Waals surface area contributed by atoms with Crippen LogP contribution in [0.1, 0.15) is 25.3 Å². The molecule has 1 aliphatic rings. The van der Waals surface area contributed by atoms with Gasteiger partial charge >= 0.3 is 0 Å². The standard InChI is InChI=1S/C20H23N3OS/c1-2-24-17-5-3-15(4-6-17)13-16-7-10-23(11-8-16)19-18-9-12-25-20(18)22-14-21-19/h3-6,9,12,14,16H,2,7-8,10-11,13H2,1H3. The minimum atomic E-state index is 0.720. The lowest BCUT2D eigenvalue weighted by Crippen LogP contribution is -2.35. The maximum Gasteiger partial charge on any atom is 0.140 e. The summed E-state index contributed by atoms with van der Waals surface area (Å²) in [6, 6.07) is 10.7. The van der Waals surface area contributed by atoms with Crippen LogP contribution in [0.4, 0.5) is 5.82 Å². The Balaban J connectivity index is 1.37. The van der Waals surface area contributed by atoms with E-state index in [1.54, 1.807) is 17.7 Å². The van der Waals surface area contributed by atoms with Crippen LogP contribution in [0.25, 0.3) is 10.2 Å². The Bertz CT molecular complexity index is 822. The molecule has 1 saturated heterocycles. The van der Waals surface area contributed by atoms with Crippen LogP contribution in [0.5, 0.6) is 5.75 Å². The van der Waals surface area contributed by atoms with Crippen molar-refractivity contribution in [3.05, 3.63) is 47.6 Å². The van der Waals surface area contributed by atoms with Gasteiger partial charge in [0.15, 0.2) is 0 Å². The summed E-state index contributed by atoms with van der Waals surface area (Å²) in [5.41, 5.74) is 1.41. The van der Waals surface area contributed by atoms with Crippen molar-refractivity contribution in [2.75, 3.05) is 24.6 Å². The van der Waals surface area contributed by atoms with Gasteiger partial charge in [-0.05, 0) is 61.2 Å². The monoisotopic (exact) mass is 353 g/mol. The fraction of sp³-hybridized carbons (Fsp3) is 0.400. The van der Waals surface area contributed by atoms with Crippen molar-refractivity contribution in [2.24, 2.45) is 5.92 Å². The highest BCUT2D eigenvalue weighted by atomic mass is 32.1. The zero-order chi connectivity index (χ0) is 17.1. The number of ether oxygens (including phenoxy) is 1. The first-order valence-electron chi connectivity index (χ1n) is 8.98. The molecule has 0 amide bonds. The van der Waals surface area contributed by atoms with Crippen LogP contribution in [-0.2, 0) is 6.42 Å². The molecule has 1 aliphatic heterocycles. The molecule has 3 heterocycles. The van der Waals surface area contributed by atoms with Crippen LogP contribution in [0, 0.1) is 5.92 Å². The Morgan fingerprint density at radius 3 is 2.68 bits per heavy atom. The maximum absolute atomic E-state index is 5.52. The van der Waals surface area contributed by atoms with Crippen molar-refractivity contribution in [2.45, 2.75) is 26.2 Å². The number of hydrogen-bond acceptors (Lipinski definition) is 5. The summed E-state index contributed by atoms with van der Waals surface area (Å²) in [5, 5.41) is 3.29. The first-order valence-corrected chi connectivity index (χ1v) is 9.86. The minimum Gasteiger partial charge on any atom is -0.494 e. The van der Waals surface area contributed by atoms with Crippen molar-refractivity contribution in [1.29, 1.82) is 0 Å². The van der Waals surface area contributed by atoms with E-state index in [1.165, 1.54) is 23.8 Å². The molecule has 0 N–H and O–H groups in total. The van der Waals surface area contributed by atoms with Gasteiger partial charge in [0.25, 0.3) is 0 Å². The van der Waals surface area contributed by atoms with Gasteiger partial charge in [0, 0.05) is 13.1 Å². The second kappa shape index (κ2) is 7.40. The van der Waals surface area contributed by atoms with Gasteiger partial charge in [-0.25, -0.2) is 9.97 Å². The summed E-state index contributed by atoms with van der Waals surface area (Å²) in [6.45, 7) is 4.88. The van der Waals surface area contributed by atoms with Crippen molar-refractivity contribution in [1.82, 2.24) is 9.97 Å². The van der Waals surface area contributed by atoms with E-state index in [2.05, 4.69) is 50.6 Å². The summed E-state index contributed by atoms with van der Waals surface area (Å²) >= 11 is 1.68. The van der Waals surface area contributed by atoms with Gasteiger partial charge in [-0.3, -0.25) is 0 Å². The van der Waals surface area contributed by atoms with Gasteiger partial charge in [-0.2, -0.15) is 0 Å². The molecule has 0 atom stereocenters. The lowest BCUT2D eigenvalue weighted by Gasteiger charge is -2.33. The first kappa shape index (κ1) is 16.3. The minimum absolute atomic E-state index is 0.720. The SMILES string of the molecule is CCOc1ccc(CC2CCN(c3ncnc4sccc34)CC2)cc1.